The van der Waals surface area contributed by atoms with Gasteiger partial charge in [-0.05, 0) is 61.4 Å². The SMILES string of the molecule is Cc1cc(-c2cn[nH]c2-c2cccc(OCc3ccc(C#N)cc3)c2)cc(C)n1. The zero-order valence-corrected chi connectivity index (χ0v) is 16.3. The van der Waals surface area contributed by atoms with Crippen molar-refractivity contribution in [2.24, 2.45) is 0 Å². The van der Waals surface area contributed by atoms with E-state index in [0.717, 1.165) is 45.1 Å². The number of nitrogens with one attached hydrogen (secondary N) is 1. The molecule has 0 saturated heterocycles. The average molecular weight is 380 g/mol. The number of nitrogens with zero attached hydrogens (tertiary/aromatic N) is 3. The van der Waals surface area contributed by atoms with Gasteiger partial charge < -0.3 is 4.74 Å². The minimum absolute atomic E-state index is 0.438. The van der Waals surface area contributed by atoms with E-state index >= 15 is 0 Å². The van der Waals surface area contributed by atoms with Crippen molar-refractivity contribution >= 4 is 0 Å². The fourth-order valence-corrected chi connectivity index (χ4v) is 3.30. The highest BCUT2D eigenvalue weighted by Gasteiger charge is 2.12. The molecule has 142 valence electrons. The number of aromatic nitrogens is 3. The van der Waals surface area contributed by atoms with E-state index in [9.17, 15) is 0 Å². The minimum Gasteiger partial charge on any atom is -0.489 e. The Bertz CT molecular complexity index is 1170. The maximum atomic E-state index is 8.90. The first-order valence-corrected chi connectivity index (χ1v) is 9.34. The van der Waals surface area contributed by atoms with E-state index in [-0.39, 0.29) is 0 Å². The van der Waals surface area contributed by atoms with Crippen LogP contribution in [0.25, 0.3) is 22.4 Å². The van der Waals surface area contributed by atoms with Gasteiger partial charge in [0.2, 0.25) is 0 Å². The number of benzene rings is 2. The summed E-state index contributed by atoms with van der Waals surface area (Å²) >= 11 is 0. The van der Waals surface area contributed by atoms with Crippen LogP contribution >= 0.6 is 0 Å². The standard InChI is InChI=1S/C24H20N4O/c1-16-10-21(11-17(2)27-16)23-14-26-28-24(23)20-4-3-5-22(12-20)29-15-19-8-6-18(13-25)7-9-19/h3-12,14H,15H2,1-2H3,(H,26,28). The van der Waals surface area contributed by atoms with Crippen molar-refractivity contribution in [1.82, 2.24) is 15.2 Å². The van der Waals surface area contributed by atoms with E-state index in [1.807, 2.05) is 56.4 Å². The van der Waals surface area contributed by atoms with Gasteiger partial charge >= 0.3 is 0 Å². The summed E-state index contributed by atoms with van der Waals surface area (Å²) in [6, 6.07) is 21.6. The van der Waals surface area contributed by atoms with Gasteiger partial charge in [-0.2, -0.15) is 10.4 Å². The average Bonchev–Trinajstić information content (AvgIpc) is 3.22. The quantitative estimate of drug-likeness (QED) is 0.516. The number of aryl methyl sites for hydroxylation is 2. The molecule has 4 rings (SSSR count). The highest BCUT2D eigenvalue weighted by Crippen LogP contribution is 2.32. The van der Waals surface area contributed by atoms with Crippen LogP contribution in [0.5, 0.6) is 5.75 Å². The van der Waals surface area contributed by atoms with Gasteiger partial charge in [0.1, 0.15) is 12.4 Å². The van der Waals surface area contributed by atoms with Gasteiger partial charge in [-0.3, -0.25) is 10.1 Å². The zero-order valence-electron chi connectivity index (χ0n) is 16.3. The molecule has 2 aromatic heterocycles. The molecule has 2 aromatic carbocycles. The number of nitriles is 1. The van der Waals surface area contributed by atoms with Gasteiger partial charge in [-0.25, -0.2) is 0 Å². The second-order valence-electron chi connectivity index (χ2n) is 6.92. The molecule has 0 unspecified atom stereocenters. The number of hydrogen-bond acceptors (Lipinski definition) is 4. The first kappa shape index (κ1) is 18.5. The molecule has 0 spiro atoms. The van der Waals surface area contributed by atoms with Crippen LogP contribution in [-0.2, 0) is 6.61 Å². The highest BCUT2D eigenvalue weighted by atomic mass is 16.5. The molecule has 0 amide bonds. The Labute approximate surface area is 169 Å². The van der Waals surface area contributed by atoms with Crippen LogP contribution in [-0.4, -0.2) is 15.2 Å². The van der Waals surface area contributed by atoms with Crippen molar-refractivity contribution in [2.45, 2.75) is 20.5 Å². The molecule has 4 aromatic rings. The number of pyridine rings is 1. The Morgan fingerprint density at radius 3 is 2.45 bits per heavy atom. The van der Waals surface area contributed by atoms with Crippen LogP contribution in [0.15, 0.2) is 66.9 Å². The summed E-state index contributed by atoms with van der Waals surface area (Å²) in [6.45, 7) is 4.43. The van der Waals surface area contributed by atoms with Gasteiger partial charge in [0.25, 0.3) is 0 Å². The Hall–Kier alpha value is -3.91. The number of ether oxygens (including phenoxy) is 1. The summed E-state index contributed by atoms with van der Waals surface area (Å²) in [4.78, 5) is 4.46. The smallest absolute Gasteiger partial charge is 0.120 e. The summed E-state index contributed by atoms with van der Waals surface area (Å²) in [7, 11) is 0. The molecule has 0 atom stereocenters. The van der Waals surface area contributed by atoms with Gasteiger partial charge in [0, 0.05) is 22.5 Å². The van der Waals surface area contributed by atoms with Crippen LogP contribution in [0.2, 0.25) is 0 Å². The molecule has 0 saturated carbocycles. The first-order chi connectivity index (χ1) is 14.1. The van der Waals surface area contributed by atoms with Crippen LogP contribution in [0.3, 0.4) is 0 Å². The van der Waals surface area contributed by atoms with E-state index in [2.05, 4.69) is 33.4 Å². The van der Waals surface area contributed by atoms with Crippen LogP contribution < -0.4 is 4.74 Å². The van der Waals surface area contributed by atoms with E-state index in [0.29, 0.717) is 12.2 Å². The van der Waals surface area contributed by atoms with Crippen LogP contribution in [0, 0.1) is 25.2 Å². The monoisotopic (exact) mass is 380 g/mol. The maximum absolute atomic E-state index is 8.90. The molecular formula is C24H20N4O. The number of aromatic amines is 1. The van der Waals surface area contributed by atoms with Gasteiger partial charge in [0.05, 0.1) is 23.5 Å². The second kappa shape index (κ2) is 7.99. The summed E-state index contributed by atoms with van der Waals surface area (Å²) < 4.78 is 5.96. The lowest BCUT2D eigenvalue weighted by atomic mass is 10.0. The van der Waals surface area contributed by atoms with Crippen molar-refractivity contribution in [3.63, 3.8) is 0 Å². The summed E-state index contributed by atoms with van der Waals surface area (Å²) in [5.41, 5.74) is 7.67. The summed E-state index contributed by atoms with van der Waals surface area (Å²) in [6.07, 6.45) is 1.84. The highest BCUT2D eigenvalue weighted by molar-refractivity contribution is 5.81. The molecule has 1 N–H and O–H groups in total. The summed E-state index contributed by atoms with van der Waals surface area (Å²) in [5.74, 6) is 0.773. The van der Waals surface area contributed by atoms with Crippen molar-refractivity contribution < 1.29 is 4.74 Å². The van der Waals surface area contributed by atoms with Crippen molar-refractivity contribution in [3.05, 3.63) is 89.4 Å². The number of hydrogen-bond donors (Lipinski definition) is 1. The van der Waals surface area contributed by atoms with Gasteiger partial charge in [0.15, 0.2) is 0 Å². The molecule has 0 aliphatic heterocycles. The van der Waals surface area contributed by atoms with E-state index < -0.39 is 0 Å². The normalized spacial score (nSPS) is 10.5. The third-order valence-corrected chi connectivity index (χ3v) is 4.64. The molecule has 5 heteroatoms. The van der Waals surface area contributed by atoms with Crippen LogP contribution in [0.1, 0.15) is 22.5 Å². The second-order valence-corrected chi connectivity index (χ2v) is 6.92. The fraction of sp³-hybridized carbons (Fsp3) is 0.125. The Balaban J connectivity index is 1.58. The number of rotatable bonds is 5. The molecule has 0 radical (unpaired) electrons. The molecule has 0 fully saturated rings. The molecule has 29 heavy (non-hydrogen) atoms. The van der Waals surface area contributed by atoms with Crippen molar-refractivity contribution in [3.8, 4) is 34.2 Å². The molecule has 5 nitrogen and oxygen atoms in total. The third-order valence-electron chi connectivity index (χ3n) is 4.64. The molecule has 0 bridgehead atoms. The molecule has 0 aliphatic carbocycles. The minimum atomic E-state index is 0.438. The van der Waals surface area contributed by atoms with Gasteiger partial charge in [-0.15, -0.1) is 0 Å². The Kier molecular flexibility index (Phi) is 5.08. The molecule has 2 heterocycles. The van der Waals surface area contributed by atoms with Crippen LogP contribution in [0.4, 0.5) is 0 Å². The first-order valence-electron chi connectivity index (χ1n) is 9.34. The fourth-order valence-electron chi connectivity index (χ4n) is 3.30. The topological polar surface area (TPSA) is 74.6 Å². The lowest BCUT2D eigenvalue weighted by Gasteiger charge is -2.09. The maximum Gasteiger partial charge on any atom is 0.120 e. The third kappa shape index (κ3) is 4.17. The summed E-state index contributed by atoms with van der Waals surface area (Å²) in [5, 5.41) is 16.3. The van der Waals surface area contributed by atoms with E-state index in [1.165, 1.54) is 0 Å². The van der Waals surface area contributed by atoms with E-state index in [4.69, 9.17) is 10.00 Å². The Morgan fingerprint density at radius 1 is 0.966 bits per heavy atom. The lowest BCUT2D eigenvalue weighted by molar-refractivity contribution is 0.306. The predicted octanol–water partition coefficient (Wildman–Crippen LogP) is 5.21. The Morgan fingerprint density at radius 2 is 1.72 bits per heavy atom. The molecular weight excluding hydrogens is 360 g/mol. The largest absolute Gasteiger partial charge is 0.489 e. The predicted molar refractivity (Wildman–Crippen MR) is 112 cm³/mol. The van der Waals surface area contributed by atoms with Gasteiger partial charge in [-0.1, -0.05) is 24.3 Å². The van der Waals surface area contributed by atoms with Crippen molar-refractivity contribution in [2.75, 3.05) is 0 Å². The van der Waals surface area contributed by atoms with E-state index in [1.54, 1.807) is 12.1 Å². The number of H-pyrrole nitrogens is 1. The van der Waals surface area contributed by atoms with Crippen molar-refractivity contribution in [1.29, 1.82) is 5.26 Å². The molecule has 0 aliphatic rings. The lowest BCUT2D eigenvalue weighted by Crippen LogP contribution is -1.96. The zero-order chi connectivity index (χ0) is 20.2.